The lowest BCUT2D eigenvalue weighted by Crippen LogP contribution is -2.22. The minimum absolute atomic E-state index is 0.502. The first-order chi connectivity index (χ1) is 5.79. The number of carbonyl (C=O) groups excluding carboxylic acids is 1. The van der Waals surface area contributed by atoms with E-state index in [-0.39, 0.29) is 0 Å². The van der Waals surface area contributed by atoms with Crippen molar-refractivity contribution in [1.82, 2.24) is 0 Å². The van der Waals surface area contributed by atoms with Crippen LogP contribution in [0.5, 0.6) is 0 Å². The topological polar surface area (TPSA) is 62.5 Å². The fraction of sp³-hybridized carbons (Fsp3) is 0.625. The van der Waals surface area contributed by atoms with Crippen molar-refractivity contribution in [3.63, 3.8) is 0 Å². The molecular weight excluding hydrogens is 156 g/mol. The number of aliphatic imine (C=N–C) groups is 1. The molecule has 0 bridgehead atoms. The molecular formula is C8H10N2O2. The van der Waals surface area contributed by atoms with Gasteiger partial charge in [0, 0.05) is 12.3 Å². The fourth-order valence-corrected chi connectivity index (χ4v) is 1.18. The molecule has 1 aliphatic rings. The highest BCUT2D eigenvalue weighted by atomic mass is 16.5. The van der Waals surface area contributed by atoms with Crippen LogP contribution in [0.3, 0.4) is 0 Å². The van der Waals surface area contributed by atoms with E-state index in [2.05, 4.69) is 9.73 Å². The second kappa shape index (κ2) is 3.86. The molecule has 1 rings (SSSR count). The Morgan fingerprint density at radius 1 is 1.83 bits per heavy atom. The van der Waals surface area contributed by atoms with E-state index in [0.717, 1.165) is 19.4 Å². The first-order valence-electron chi connectivity index (χ1n) is 3.80. The van der Waals surface area contributed by atoms with Crippen LogP contribution in [0.2, 0.25) is 0 Å². The van der Waals surface area contributed by atoms with Crippen molar-refractivity contribution in [2.45, 2.75) is 12.8 Å². The molecule has 1 atom stereocenters. The minimum Gasteiger partial charge on any atom is -0.468 e. The predicted octanol–water partition coefficient (Wildman–Crippen LogP) is 0.534. The summed E-state index contributed by atoms with van der Waals surface area (Å²) in [5, 5.41) is 8.66. The number of carbonyl (C=O) groups is 1. The van der Waals surface area contributed by atoms with Gasteiger partial charge >= 0.3 is 5.97 Å². The van der Waals surface area contributed by atoms with E-state index in [9.17, 15) is 4.79 Å². The molecule has 0 aromatic carbocycles. The summed E-state index contributed by atoms with van der Waals surface area (Å²) in [6.45, 7) is 0.727. The number of nitrogens with zero attached hydrogens (tertiary/aromatic N) is 2. The highest BCUT2D eigenvalue weighted by Crippen LogP contribution is 2.13. The van der Waals surface area contributed by atoms with Gasteiger partial charge in [-0.2, -0.15) is 5.26 Å². The Morgan fingerprint density at radius 2 is 2.58 bits per heavy atom. The van der Waals surface area contributed by atoms with E-state index in [1.165, 1.54) is 7.11 Å². The number of hydrogen-bond donors (Lipinski definition) is 0. The summed E-state index contributed by atoms with van der Waals surface area (Å²) in [4.78, 5) is 15.1. The molecule has 12 heavy (non-hydrogen) atoms. The quantitative estimate of drug-likeness (QED) is 0.562. The van der Waals surface area contributed by atoms with E-state index in [1.807, 2.05) is 6.07 Å². The van der Waals surface area contributed by atoms with Gasteiger partial charge in [-0.3, -0.25) is 9.79 Å². The van der Waals surface area contributed by atoms with Gasteiger partial charge in [0.2, 0.25) is 0 Å². The largest absolute Gasteiger partial charge is 0.468 e. The van der Waals surface area contributed by atoms with Gasteiger partial charge in [0.1, 0.15) is 0 Å². The molecule has 0 radical (unpaired) electrons. The third-order valence-electron chi connectivity index (χ3n) is 1.81. The number of nitriles is 1. The van der Waals surface area contributed by atoms with Crippen molar-refractivity contribution >= 4 is 11.7 Å². The Kier molecular flexibility index (Phi) is 2.81. The van der Waals surface area contributed by atoms with Crippen LogP contribution in [0.4, 0.5) is 0 Å². The van der Waals surface area contributed by atoms with Crippen molar-refractivity contribution in [3.05, 3.63) is 0 Å². The van der Waals surface area contributed by atoms with Crippen LogP contribution in [0.25, 0.3) is 0 Å². The Balaban J connectivity index is 2.69. The Hall–Kier alpha value is -1.37. The number of ether oxygens (including phenoxy) is 1. The van der Waals surface area contributed by atoms with Gasteiger partial charge in [0.25, 0.3) is 0 Å². The van der Waals surface area contributed by atoms with Crippen LogP contribution in [-0.4, -0.2) is 25.3 Å². The SMILES string of the molecule is COC(=O)C(C#N)C1=NCCC1. The lowest BCUT2D eigenvalue weighted by Gasteiger charge is -2.04. The summed E-state index contributed by atoms with van der Waals surface area (Å²) in [6.07, 6.45) is 1.68. The molecule has 0 spiro atoms. The van der Waals surface area contributed by atoms with Crippen LogP contribution >= 0.6 is 0 Å². The molecule has 0 aromatic heterocycles. The van der Waals surface area contributed by atoms with Gasteiger partial charge in [-0.15, -0.1) is 0 Å². The maximum Gasteiger partial charge on any atom is 0.328 e. The average molecular weight is 166 g/mol. The summed E-state index contributed by atoms with van der Waals surface area (Å²) in [7, 11) is 1.28. The molecule has 64 valence electrons. The Bertz CT molecular complexity index is 252. The first kappa shape index (κ1) is 8.72. The minimum atomic E-state index is -0.780. The van der Waals surface area contributed by atoms with Crippen molar-refractivity contribution < 1.29 is 9.53 Å². The molecule has 0 saturated heterocycles. The lowest BCUT2D eigenvalue weighted by atomic mass is 10.0. The fourth-order valence-electron chi connectivity index (χ4n) is 1.18. The van der Waals surface area contributed by atoms with Crippen LogP contribution in [-0.2, 0) is 9.53 Å². The molecule has 4 heteroatoms. The summed E-state index contributed by atoms with van der Waals surface area (Å²) < 4.78 is 4.47. The Labute approximate surface area is 70.9 Å². The van der Waals surface area contributed by atoms with Crippen LogP contribution in [0.1, 0.15) is 12.8 Å². The maximum atomic E-state index is 11.0. The average Bonchev–Trinajstić information content (AvgIpc) is 2.58. The van der Waals surface area contributed by atoms with Gasteiger partial charge in [0.15, 0.2) is 5.92 Å². The van der Waals surface area contributed by atoms with Crippen molar-refractivity contribution in [3.8, 4) is 6.07 Å². The molecule has 1 aliphatic heterocycles. The second-order valence-electron chi connectivity index (χ2n) is 2.56. The van der Waals surface area contributed by atoms with E-state index in [0.29, 0.717) is 5.71 Å². The van der Waals surface area contributed by atoms with E-state index in [4.69, 9.17) is 5.26 Å². The first-order valence-corrected chi connectivity index (χ1v) is 3.80. The van der Waals surface area contributed by atoms with Gasteiger partial charge in [-0.1, -0.05) is 0 Å². The monoisotopic (exact) mass is 166 g/mol. The normalized spacial score (nSPS) is 17.8. The summed E-state index contributed by atoms with van der Waals surface area (Å²) in [6, 6.07) is 1.89. The molecule has 0 amide bonds. The zero-order valence-corrected chi connectivity index (χ0v) is 6.91. The van der Waals surface area contributed by atoms with Gasteiger partial charge in [-0.25, -0.2) is 0 Å². The van der Waals surface area contributed by atoms with Crippen molar-refractivity contribution in [2.75, 3.05) is 13.7 Å². The number of hydrogen-bond acceptors (Lipinski definition) is 4. The number of esters is 1. The molecule has 1 unspecified atom stereocenters. The smallest absolute Gasteiger partial charge is 0.328 e. The molecule has 0 saturated carbocycles. The van der Waals surface area contributed by atoms with Crippen LogP contribution in [0, 0.1) is 17.2 Å². The maximum absolute atomic E-state index is 11.0. The summed E-state index contributed by atoms with van der Waals surface area (Å²) in [5.74, 6) is -1.28. The lowest BCUT2D eigenvalue weighted by molar-refractivity contribution is -0.141. The molecule has 4 nitrogen and oxygen atoms in total. The second-order valence-corrected chi connectivity index (χ2v) is 2.56. The number of rotatable bonds is 2. The van der Waals surface area contributed by atoms with Crippen molar-refractivity contribution in [2.24, 2.45) is 10.9 Å². The summed E-state index contributed by atoms with van der Waals surface area (Å²) >= 11 is 0. The van der Waals surface area contributed by atoms with Gasteiger partial charge in [0.05, 0.1) is 13.2 Å². The zero-order valence-electron chi connectivity index (χ0n) is 6.91. The third-order valence-corrected chi connectivity index (χ3v) is 1.81. The molecule has 0 aromatic rings. The van der Waals surface area contributed by atoms with E-state index >= 15 is 0 Å². The predicted molar refractivity (Wildman–Crippen MR) is 42.7 cm³/mol. The van der Waals surface area contributed by atoms with Crippen molar-refractivity contribution in [1.29, 1.82) is 5.26 Å². The summed E-state index contributed by atoms with van der Waals surface area (Å²) in [5.41, 5.74) is 0.671. The van der Waals surface area contributed by atoms with E-state index < -0.39 is 11.9 Å². The van der Waals surface area contributed by atoms with E-state index in [1.54, 1.807) is 0 Å². The Morgan fingerprint density at radius 3 is 3.00 bits per heavy atom. The highest BCUT2D eigenvalue weighted by Gasteiger charge is 2.26. The zero-order chi connectivity index (χ0) is 8.97. The molecule has 0 aliphatic carbocycles. The molecule has 0 N–H and O–H groups in total. The van der Waals surface area contributed by atoms with Gasteiger partial charge in [-0.05, 0) is 12.8 Å². The van der Waals surface area contributed by atoms with Crippen LogP contribution < -0.4 is 0 Å². The third kappa shape index (κ3) is 1.62. The van der Waals surface area contributed by atoms with Gasteiger partial charge < -0.3 is 4.74 Å². The highest BCUT2D eigenvalue weighted by molar-refractivity contribution is 6.05. The molecule has 1 heterocycles. The van der Waals surface area contributed by atoms with Crippen LogP contribution in [0.15, 0.2) is 4.99 Å². The standard InChI is InChI=1S/C8H10N2O2/c1-12-8(11)6(5-9)7-3-2-4-10-7/h6H,2-4H2,1H3. The molecule has 0 fully saturated rings. The number of methoxy groups -OCH3 is 1.